The largest absolute Gasteiger partial charge is 0.496 e. The normalized spacial score (nSPS) is 12.0. The van der Waals surface area contributed by atoms with Crippen LogP contribution in [0.4, 0.5) is 0 Å². The average Bonchev–Trinajstić information content (AvgIpc) is 1.59. The first-order chi connectivity index (χ1) is 4.42. The second-order valence-electron chi connectivity index (χ2n) is 3.14. The zero-order valence-corrected chi connectivity index (χ0v) is 6.97. The van der Waals surface area contributed by atoms with Crippen LogP contribution in [0, 0.1) is 0 Å². The molecule has 0 aromatic carbocycles. The molecule has 0 aromatic rings. The molecule has 0 atom stereocenters. The molecular weight excluding hydrogens is 128 g/mol. The Morgan fingerprint density at radius 3 is 2.20 bits per heavy atom. The molecule has 0 rings (SSSR count). The molecule has 0 bridgehead atoms. The van der Waals surface area contributed by atoms with Gasteiger partial charge >= 0.3 is 0 Å². The maximum atomic E-state index is 10.4. The summed E-state index contributed by atoms with van der Waals surface area (Å²) in [4.78, 5) is 10.4. The minimum atomic E-state index is -0.202. The van der Waals surface area contributed by atoms with E-state index in [4.69, 9.17) is 4.74 Å². The maximum absolute atomic E-state index is 10.4. The van der Waals surface area contributed by atoms with Crippen molar-refractivity contribution in [2.45, 2.75) is 33.3 Å². The molecule has 0 spiro atoms. The van der Waals surface area contributed by atoms with Crippen molar-refractivity contribution in [3.63, 3.8) is 0 Å². The molecule has 0 saturated heterocycles. The van der Waals surface area contributed by atoms with Gasteiger partial charge in [0.15, 0.2) is 5.78 Å². The Labute approximate surface area is 61.9 Å². The van der Waals surface area contributed by atoms with Crippen molar-refractivity contribution in [3.05, 3.63) is 12.3 Å². The Hall–Kier alpha value is -0.790. The van der Waals surface area contributed by atoms with Gasteiger partial charge in [0.2, 0.25) is 0 Å². The van der Waals surface area contributed by atoms with Gasteiger partial charge in [0, 0.05) is 6.08 Å². The number of carbonyl (C=O) groups is 1. The van der Waals surface area contributed by atoms with E-state index in [0.29, 0.717) is 0 Å². The molecule has 10 heavy (non-hydrogen) atoms. The van der Waals surface area contributed by atoms with Gasteiger partial charge in [-0.05, 0) is 27.7 Å². The molecule has 0 unspecified atom stereocenters. The highest BCUT2D eigenvalue weighted by Gasteiger charge is 2.06. The quantitative estimate of drug-likeness (QED) is 0.435. The van der Waals surface area contributed by atoms with Crippen molar-refractivity contribution in [2.75, 3.05) is 0 Å². The molecule has 0 aromatic heterocycles. The fourth-order valence-electron chi connectivity index (χ4n) is 0.334. The monoisotopic (exact) mass is 142 g/mol. The van der Waals surface area contributed by atoms with Crippen LogP contribution in [0.25, 0.3) is 0 Å². The summed E-state index contributed by atoms with van der Waals surface area (Å²) in [5.74, 6) is 0.00394. The minimum absolute atomic E-state index is 0.00394. The second-order valence-corrected chi connectivity index (χ2v) is 3.14. The highest BCUT2D eigenvalue weighted by atomic mass is 16.5. The maximum Gasteiger partial charge on any atom is 0.155 e. The van der Waals surface area contributed by atoms with Crippen LogP contribution in [0.5, 0.6) is 0 Å². The number of ketones is 1. The predicted octanol–water partition coefficient (Wildman–Crippen LogP) is 1.90. The van der Waals surface area contributed by atoms with Gasteiger partial charge in [-0.1, -0.05) is 0 Å². The lowest BCUT2D eigenvalue weighted by Crippen LogP contribution is -2.15. The van der Waals surface area contributed by atoms with Crippen LogP contribution in [0.15, 0.2) is 12.3 Å². The zero-order valence-electron chi connectivity index (χ0n) is 6.97. The summed E-state index contributed by atoms with van der Waals surface area (Å²) in [5, 5.41) is 0. The van der Waals surface area contributed by atoms with E-state index in [9.17, 15) is 4.79 Å². The molecule has 0 amide bonds. The smallest absolute Gasteiger partial charge is 0.155 e. The molecule has 2 nitrogen and oxygen atoms in total. The molecule has 0 fully saturated rings. The highest BCUT2D eigenvalue weighted by Crippen LogP contribution is 2.06. The Balaban J connectivity index is 3.64. The summed E-state index contributed by atoms with van der Waals surface area (Å²) in [6, 6.07) is 0. The van der Waals surface area contributed by atoms with E-state index in [1.54, 1.807) is 0 Å². The van der Waals surface area contributed by atoms with Gasteiger partial charge in [-0.3, -0.25) is 4.79 Å². The first kappa shape index (κ1) is 9.21. The molecular formula is C8H14O2. The Morgan fingerprint density at radius 2 is 1.90 bits per heavy atom. The van der Waals surface area contributed by atoms with E-state index < -0.39 is 0 Å². The van der Waals surface area contributed by atoms with Gasteiger partial charge in [-0.15, -0.1) is 0 Å². The first-order valence-corrected chi connectivity index (χ1v) is 3.27. The standard InChI is InChI=1S/C8H14O2/c1-7(9)5-6-10-8(2,3)4/h5-6H,1-4H3/b6-5+. The average molecular weight is 142 g/mol. The van der Waals surface area contributed by atoms with Crippen molar-refractivity contribution >= 4 is 5.78 Å². The number of hydrogen-bond donors (Lipinski definition) is 0. The fraction of sp³-hybridized carbons (Fsp3) is 0.625. The van der Waals surface area contributed by atoms with E-state index in [0.717, 1.165) is 0 Å². The third-order valence-corrected chi connectivity index (χ3v) is 0.724. The summed E-state index contributed by atoms with van der Waals surface area (Å²) < 4.78 is 5.14. The number of carbonyl (C=O) groups excluding carboxylic acids is 1. The highest BCUT2D eigenvalue weighted by molar-refractivity contribution is 5.86. The Kier molecular flexibility index (Phi) is 3.13. The van der Waals surface area contributed by atoms with Crippen LogP contribution >= 0.6 is 0 Å². The number of rotatable bonds is 2. The Bertz CT molecular complexity index is 140. The Morgan fingerprint density at radius 1 is 1.40 bits per heavy atom. The lowest BCUT2D eigenvalue weighted by Gasteiger charge is -2.17. The third-order valence-electron chi connectivity index (χ3n) is 0.724. The molecule has 0 aliphatic rings. The lowest BCUT2D eigenvalue weighted by atomic mass is 10.2. The van der Waals surface area contributed by atoms with Crippen LogP contribution in [0.1, 0.15) is 27.7 Å². The van der Waals surface area contributed by atoms with Crippen molar-refractivity contribution in [1.29, 1.82) is 0 Å². The first-order valence-electron chi connectivity index (χ1n) is 3.27. The van der Waals surface area contributed by atoms with Crippen LogP contribution in [-0.4, -0.2) is 11.4 Å². The summed E-state index contributed by atoms with van der Waals surface area (Å²) >= 11 is 0. The van der Waals surface area contributed by atoms with E-state index in [-0.39, 0.29) is 11.4 Å². The summed E-state index contributed by atoms with van der Waals surface area (Å²) in [6.07, 6.45) is 2.84. The number of hydrogen-bond acceptors (Lipinski definition) is 2. The van der Waals surface area contributed by atoms with Crippen LogP contribution < -0.4 is 0 Å². The van der Waals surface area contributed by atoms with E-state index in [1.807, 2.05) is 20.8 Å². The molecule has 0 N–H and O–H groups in total. The number of allylic oxidation sites excluding steroid dienone is 1. The van der Waals surface area contributed by atoms with Gasteiger partial charge in [0.1, 0.15) is 0 Å². The minimum Gasteiger partial charge on any atom is -0.496 e. The van der Waals surface area contributed by atoms with Gasteiger partial charge in [0.05, 0.1) is 11.9 Å². The predicted molar refractivity (Wildman–Crippen MR) is 40.7 cm³/mol. The van der Waals surface area contributed by atoms with E-state index in [1.165, 1.54) is 19.3 Å². The van der Waals surface area contributed by atoms with Crippen molar-refractivity contribution in [2.24, 2.45) is 0 Å². The van der Waals surface area contributed by atoms with E-state index >= 15 is 0 Å². The van der Waals surface area contributed by atoms with Gasteiger partial charge in [0.25, 0.3) is 0 Å². The molecule has 0 heterocycles. The second kappa shape index (κ2) is 3.40. The van der Waals surface area contributed by atoms with Crippen molar-refractivity contribution in [1.82, 2.24) is 0 Å². The molecule has 0 aliphatic carbocycles. The van der Waals surface area contributed by atoms with Crippen molar-refractivity contribution < 1.29 is 9.53 Å². The zero-order chi connectivity index (χ0) is 8.20. The van der Waals surface area contributed by atoms with E-state index in [2.05, 4.69) is 0 Å². The molecule has 0 aliphatic heterocycles. The molecule has 2 heteroatoms. The topological polar surface area (TPSA) is 26.3 Å². The lowest BCUT2D eigenvalue weighted by molar-refractivity contribution is -0.112. The van der Waals surface area contributed by atoms with Crippen molar-refractivity contribution in [3.8, 4) is 0 Å². The SMILES string of the molecule is CC(=O)/C=C/OC(C)(C)C. The third kappa shape index (κ3) is 7.21. The van der Waals surface area contributed by atoms with Crippen LogP contribution in [-0.2, 0) is 9.53 Å². The molecule has 58 valence electrons. The van der Waals surface area contributed by atoms with Gasteiger partial charge in [-0.25, -0.2) is 0 Å². The van der Waals surface area contributed by atoms with Crippen LogP contribution in [0.2, 0.25) is 0 Å². The summed E-state index contributed by atoms with van der Waals surface area (Å²) in [6.45, 7) is 7.27. The van der Waals surface area contributed by atoms with Gasteiger partial charge in [-0.2, -0.15) is 0 Å². The van der Waals surface area contributed by atoms with Gasteiger partial charge < -0.3 is 4.74 Å². The number of ether oxygens (including phenoxy) is 1. The summed E-state index contributed by atoms with van der Waals surface area (Å²) in [7, 11) is 0. The fourth-order valence-corrected chi connectivity index (χ4v) is 0.334. The van der Waals surface area contributed by atoms with Crippen LogP contribution in [0.3, 0.4) is 0 Å². The molecule has 0 saturated carbocycles. The molecule has 0 radical (unpaired) electrons. The summed E-state index contributed by atoms with van der Waals surface area (Å²) in [5.41, 5.74) is -0.202.